The molecule has 1 aromatic rings. The number of Topliss-reactive ketones (excluding diaryl/α,β-unsaturated/α-hetero) is 1. The number of carbonyl (C=O) groups excluding carboxylic acids is 1. The smallest absolute Gasteiger partial charge is 0.143 e. The van der Waals surface area contributed by atoms with E-state index >= 15 is 0 Å². The molecule has 0 N–H and O–H groups in total. The first-order valence-corrected chi connectivity index (χ1v) is 8.97. The van der Waals surface area contributed by atoms with Crippen LogP contribution in [0.1, 0.15) is 76.5 Å². The molecule has 0 heterocycles. The van der Waals surface area contributed by atoms with E-state index in [0.717, 1.165) is 25.0 Å². The summed E-state index contributed by atoms with van der Waals surface area (Å²) in [5.74, 6) is 2.26. The highest BCUT2D eigenvalue weighted by Crippen LogP contribution is 2.56. The molecule has 2 atom stereocenters. The third kappa shape index (κ3) is 2.25. The minimum Gasteiger partial charge on any atom is -0.496 e. The van der Waals surface area contributed by atoms with Crippen LogP contribution in [0.25, 0.3) is 0 Å². The first-order valence-electron chi connectivity index (χ1n) is 8.97. The molecule has 1 aromatic carbocycles. The molecule has 0 amide bonds. The topological polar surface area (TPSA) is 26.3 Å². The van der Waals surface area contributed by atoms with Crippen molar-refractivity contribution in [3.05, 3.63) is 28.8 Å². The molecule has 0 spiro atoms. The zero-order valence-electron chi connectivity index (χ0n) is 15.5. The van der Waals surface area contributed by atoms with E-state index < -0.39 is 0 Å². The maximum atomic E-state index is 13.0. The molecule has 0 aliphatic heterocycles. The van der Waals surface area contributed by atoms with Crippen molar-refractivity contribution >= 4 is 5.78 Å². The highest BCUT2D eigenvalue weighted by atomic mass is 16.5. The van der Waals surface area contributed by atoms with Crippen LogP contribution in [0.2, 0.25) is 0 Å². The van der Waals surface area contributed by atoms with Gasteiger partial charge < -0.3 is 4.74 Å². The van der Waals surface area contributed by atoms with Gasteiger partial charge in [0.05, 0.1) is 12.5 Å². The normalized spacial score (nSPS) is 29.2. The lowest BCUT2D eigenvalue weighted by atomic mass is 9.49. The first-order chi connectivity index (χ1) is 10.7. The quantitative estimate of drug-likeness (QED) is 0.765. The van der Waals surface area contributed by atoms with Crippen molar-refractivity contribution < 1.29 is 9.53 Å². The summed E-state index contributed by atoms with van der Waals surface area (Å²) in [6.45, 7) is 11.3. The van der Waals surface area contributed by atoms with Crippen molar-refractivity contribution in [1.29, 1.82) is 0 Å². The van der Waals surface area contributed by atoms with Crippen molar-refractivity contribution in [3.8, 4) is 5.75 Å². The second-order valence-corrected chi connectivity index (χ2v) is 8.57. The molecule has 0 radical (unpaired) electrons. The predicted octanol–water partition coefficient (Wildman–Crippen LogP) is 5.03. The fourth-order valence-corrected chi connectivity index (χ4v) is 5.36. The first kappa shape index (κ1) is 16.5. The largest absolute Gasteiger partial charge is 0.496 e. The van der Waals surface area contributed by atoms with Gasteiger partial charge in [0.15, 0.2) is 0 Å². The van der Waals surface area contributed by atoms with E-state index in [2.05, 4.69) is 46.8 Å². The molecule has 3 rings (SSSR count). The maximum absolute atomic E-state index is 13.0. The van der Waals surface area contributed by atoms with Crippen LogP contribution >= 0.6 is 0 Å². The number of hydrogen-bond donors (Lipinski definition) is 0. The van der Waals surface area contributed by atoms with E-state index in [9.17, 15) is 4.79 Å². The second kappa shape index (κ2) is 5.36. The summed E-state index contributed by atoms with van der Waals surface area (Å²) >= 11 is 0. The minimum atomic E-state index is -0.328. The Morgan fingerprint density at radius 3 is 2.48 bits per heavy atom. The third-order valence-corrected chi connectivity index (χ3v) is 6.57. The van der Waals surface area contributed by atoms with Crippen molar-refractivity contribution in [2.45, 2.75) is 71.6 Å². The number of ketones is 1. The predicted molar refractivity (Wildman–Crippen MR) is 94.3 cm³/mol. The molecule has 2 aliphatic carbocycles. The van der Waals surface area contributed by atoms with Crippen molar-refractivity contribution in [1.82, 2.24) is 0 Å². The van der Waals surface area contributed by atoms with Crippen LogP contribution in [0.4, 0.5) is 0 Å². The van der Waals surface area contributed by atoms with Gasteiger partial charge in [-0.1, -0.05) is 33.8 Å². The van der Waals surface area contributed by atoms with Gasteiger partial charge in [0, 0.05) is 12.0 Å². The Kier molecular flexibility index (Phi) is 3.85. The highest BCUT2D eigenvalue weighted by Gasteiger charge is 2.54. The van der Waals surface area contributed by atoms with E-state index in [1.54, 1.807) is 7.11 Å². The van der Waals surface area contributed by atoms with Crippen LogP contribution in [0.5, 0.6) is 5.75 Å². The molecular formula is C21H30O2. The number of hydrogen-bond acceptors (Lipinski definition) is 2. The summed E-state index contributed by atoms with van der Waals surface area (Å²) in [4.78, 5) is 13.0. The fraction of sp³-hybridized carbons (Fsp3) is 0.667. The van der Waals surface area contributed by atoms with E-state index in [1.807, 2.05) is 0 Å². The Labute approximate surface area is 140 Å². The number of ether oxygens (including phenoxy) is 1. The van der Waals surface area contributed by atoms with Crippen LogP contribution < -0.4 is 4.74 Å². The van der Waals surface area contributed by atoms with Crippen molar-refractivity contribution in [2.75, 3.05) is 7.11 Å². The SMILES string of the molecule is COc1ccc2c(c1C(C)C)CC[C@H]1C(C)(C)CCC(=O)[C@]21C. The van der Waals surface area contributed by atoms with Gasteiger partial charge in [-0.15, -0.1) is 0 Å². The Morgan fingerprint density at radius 2 is 1.87 bits per heavy atom. The lowest BCUT2D eigenvalue weighted by Gasteiger charge is -2.53. The number of fused-ring (bicyclic) bond motifs is 3. The van der Waals surface area contributed by atoms with E-state index in [4.69, 9.17) is 4.74 Å². The molecule has 1 saturated carbocycles. The monoisotopic (exact) mass is 314 g/mol. The van der Waals surface area contributed by atoms with Gasteiger partial charge in [0.2, 0.25) is 0 Å². The molecule has 0 bridgehead atoms. The van der Waals surface area contributed by atoms with Gasteiger partial charge in [0.1, 0.15) is 11.5 Å². The van der Waals surface area contributed by atoms with Crippen molar-refractivity contribution in [2.24, 2.45) is 11.3 Å². The third-order valence-electron chi connectivity index (χ3n) is 6.57. The van der Waals surface area contributed by atoms with Gasteiger partial charge in [-0.2, -0.15) is 0 Å². The van der Waals surface area contributed by atoms with E-state index in [0.29, 0.717) is 24.0 Å². The Bertz CT molecular complexity index is 641. The zero-order chi connectivity index (χ0) is 17.0. The van der Waals surface area contributed by atoms with Crippen LogP contribution in [-0.2, 0) is 16.6 Å². The molecule has 0 aromatic heterocycles. The van der Waals surface area contributed by atoms with Gasteiger partial charge in [-0.05, 0) is 60.6 Å². The Balaban J connectivity index is 2.24. The van der Waals surface area contributed by atoms with Crippen LogP contribution in [-0.4, -0.2) is 12.9 Å². The van der Waals surface area contributed by atoms with E-state index in [-0.39, 0.29) is 10.8 Å². The second-order valence-electron chi connectivity index (χ2n) is 8.57. The summed E-state index contributed by atoms with van der Waals surface area (Å²) in [5, 5.41) is 0. The zero-order valence-corrected chi connectivity index (χ0v) is 15.5. The summed E-state index contributed by atoms with van der Waals surface area (Å²) in [6, 6.07) is 4.25. The molecule has 0 unspecified atom stereocenters. The molecular weight excluding hydrogens is 284 g/mol. The lowest BCUT2D eigenvalue weighted by Crippen LogP contribution is -2.53. The molecule has 126 valence electrons. The average molecular weight is 314 g/mol. The number of carbonyl (C=O) groups is 1. The summed E-state index contributed by atoms with van der Waals surface area (Å²) in [6.07, 6.45) is 3.91. The van der Waals surface area contributed by atoms with E-state index in [1.165, 1.54) is 16.7 Å². The summed E-state index contributed by atoms with van der Waals surface area (Å²) in [7, 11) is 1.75. The standard InChI is InChI=1S/C21H30O2/c1-13(2)19-14-7-10-17-20(3,4)12-11-18(22)21(17,5)15(14)8-9-16(19)23-6/h8-9,13,17H,7,10-12H2,1-6H3/t17-,21+/m0/s1. The number of methoxy groups -OCH3 is 1. The number of benzene rings is 1. The maximum Gasteiger partial charge on any atom is 0.143 e. The van der Waals surface area contributed by atoms with Crippen LogP contribution in [0.15, 0.2) is 12.1 Å². The molecule has 2 aliphatic rings. The molecule has 23 heavy (non-hydrogen) atoms. The molecule has 1 fully saturated rings. The lowest BCUT2D eigenvalue weighted by molar-refractivity contribution is -0.134. The minimum absolute atomic E-state index is 0.234. The number of rotatable bonds is 2. The molecule has 0 saturated heterocycles. The van der Waals surface area contributed by atoms with Crippen LogP contribution in [0.3, 0.4) is 0 Å². The molecule has 2 nitrogen and oxygen atoms in total. The summed E-state index contributed by atoms with van der Waals surface area (Å²) < 4.78 is 5.62. The van der Waals surface area contributed by atoms with Crippen molar-refractivity contribution in [3.63, 3.8) is 0 Å². The highest BCUT2D eigenvalue weighted by molar-refractivity contribution is 5.92. The van der Waals surface area contributed by atoms with Crippen LogP contribution in [0, 0.1) is 11.3 Å². The average Bonchev–Trinajstić information content (AvgIpc) is 2.50. The Hall–Kier alpha value is -1.31. The van der Waals surface area contributed by atoms with Gasteiger partial charge in [-0.3, -0.25) is 4.79 Å². The Morgan fingerprint density at radius 1 is 1.17 bits per heavy atom. The van der Waals surface area contributed by atoms with Gasteiger partial charge in [0.25, 0.3) is 0 Å². The summed E-state index contributed by atoms with van der Waals surface area (Å²) in [5.41, 5.74) is 3.87. The fourth-order valence-electron chi connectivity index (χ4n) is 5.36. The molecule has 2 heteroatoms. The van der Waals surface area contributed by atoms with Gasteiger partial charge in [-0.25, -0.2) is 0 Å². The van der Waals surface area contributed by atoms with Gasteiger partial charge >= 0.3 is 0 Å².